The standard InChI is InChI=1S/2C7H13O3.Sn/c2*1-3-7(8)10-6-5-9-4-2;/h2*3H,4-6H2,1-2H3;. The summed E-state index contributed by atoms with van der Waals surface area (Å²) in [5, 5.41) is 0. The SMILES string of the molecule is CCOCCOC(=O)[CH](C)[Sn][CH](C)C(=O)OCCOCC. The quantitative estimate of drug-likeness (QED) is 0.276. The normalized spacial score (nSPS) is 13.5. The molecule has 0 heterocycles. The first-order chi connectivity index (χ1) is 10.0. The summed E-state index contributed by atoms with van der Waals surface area (Å²) < 4.78 is 20.1. The molecule has 0 aromatic carbocycles. The van der Waals surface area contributed by atoms with Gasteiger partial charge in [0.05, 0.1) is 0 Å². The third-order valence-electron chi connectivity index (χ3n) is 2.56. The summed E-state index contributed by atoms with van der Waals surface area (Å²) in [5.41, 5.74) is 0. The van der Waals surface area contributed by atoms with E-state index in [4.69, 9.17) is 18.9 Å². The molecule has 0 spiro atoms. The Hall–Kier alpha value is -0.341. The van der Waals surface area contributed by atoms with Crippen LogP contribution in [0.1, 0.15) is 27.7 Å². The van der Waals surface area contributed by atoms with E-state index in [2.05, 4.69) is 0 Å². The Kier molecular flexibility index (Phi) is 13.1. The summed E-state index contributed by atoms with van der Waals surface area (Å²) in [6.07, 6.45) is 0. The molecule has 0 amide bonds. The number of hydrogen-bond donors (Lipinski definition) is 0. The molecular formula is C14H26O6Sn. The molecule has 2 unspecified atom stereocenters. The predicted molar refractivity (Wildman–Crippen MR) is 79.5 cm³/mol. The number of esters is 2. The van der Waals surface area contributed by atoms with Gasteiger partial charge < -0.3 is 0 Å². The maximum atomic E-state index is 11.8. The second-order valence-corrected chi connectivity index (χ2v) is 10.2. The summed E-state index contributed by atoms with van der Waals surface area (Å²) in [4.78, 5) is 23.5. The Bertz CT molecular complexity index is 269. The van der Waals surface area contributed by atoms with Gasteiger partial charge in [0.1, 0.15) is 0 Å². The van der Waals surface area contributed by atoms with Crippen molar-refractivity contribution in [2.24, 2.45) is 0 Å². The van der Waals surface area contributed by atoms with Gasteiger partial charge in [0.15, 0.2) is 0 Å². The molecule has 0 saturated carbocycles. The molecule has 0 fully saturated rings. The molecular weight excluding hydrogens is 383 g/mol. The van der Waals surface area contributed by atoms with E-state index >= 15 is 0 Å². The van der Waals surface area contributed by atoms with Gasteiger partial charge in [-0.05, 0) is 0 Å². The molecule has 0 bridgehead atoms. The van der Waals surface area contributed by atoms with Crippen molar-refractivity contribution in [1.82, 2.24) is 0 Å². The van der Waals surface area contributed by atoms with Crippen LogP contribution in [-0.2, 0) is 28.5 Å². The average molecular weight is 409 g/mol. The van der Waals surface area contributed by atoms with Crippen molar-refractivity contribution in [3.8, 4) is 0 Å². The van der Waals surface area contributed by atoms with Crippen molar-refractivity contribution in [3.05, 3.63) is 0 Å². The van der Waals surface area contributed by atoms with Gasteiger partial charge in [0.2, 0.25) is 0 Å². The van der Waals surface area contributed by atoms with Crippen LogP contribution < -0.4 is 0 Å². The number of carbonyl (C=O) groups excluding carboxylic acids is 2. The second kappa shape index (κ2) is 13.3. The van der Waals surface area contributed by atoms with E-state index in [1.807, 2.05) is 27.7 Å². The molecule has 2 radical (unpaired) electrons. The maximum absolute atomic E-state index is 11.8. The predicted octanol–water partition coefficient (Wildman–Crippen LogP) is 1.47. The minimum absolute atomic E-state index is 0.176. The third-order valence-corrected chi connectivity index (χ3v) is 6.76. The monoisotopic (exact) mass is 410 g/mol. The Morgan fingerprint density at radius 3 is 1.52 bits per heavy atom. The zero-order valence-electron chi connectivity index (χ0n) is 13.3. The first kappa shape index (κ1) is 20.7. The van der Waals surface area contributed by atoms with Crippen molar-refractivity contribution in [3.63, 3.8) is 0 Å². The molecule has 7 heteroatoms. The molecule has 122 valence electrons. The fraction of sp³-hybridized carbons (Fsp3) is 0.857. The Morgan fingerprint density at radius 2 is 1.19 bits per heavy atom. The zero-order chi connectivity index (χ0) is 16.1. The van der Waals surface area contributed by atoms with Crippen molar-refractivity contribution in [2.75, 3.05) is 39.6 Å². The van der Waals surface area contributed by atoms with Gasteiger partial charge in [0, 0.05) is 0 Å². The van der Waals surface area contributed by atoms with E-state index in [0.717, 1.165) is 0 Å². The fourth-order valence-electron chi connectivity index (χ4n) is 1.45. The Labute approximate surface area is 137 Å². The van der Waals surface area contributed by atoms with Gasteiger partial charge in [-0.15, -0.1) is 0 Å². The summed E-state index contributed by atoms with van der Waals surface area (Å²) in [6.45, 7) is 9.98. The molecule has 0 aliphatic carbocycles. The van der Waals surface area contributed by atoms with Crippen LogP contribution in [-0.4, -0.2) is 72.7 Å². The Morgan fingerprint density at radius 1 is 0.810 bits per heavy atom. The number of rotatable bonds is 12. The first-order valence-electron chi connectivity index (χ1n) is 7.27. The molecule has 0 saturated heterocycles. The third kappa shape index (κ3) is 11.0. The molecule has 0 aromatic rings. The number of ether oxygens (including phenoxy) is 4. The van der Waals surface area contributed by atoms with E-state index in [0.29, 0.717) is 26.4 Å². The average Bonchev–Trinajstić information content (AvgIpc) is 2.47. The van der Waals surface area contributed by atoms with E-state index in [1.165, 1.54) is 0 Å². The van der Waals surface area contributed by atoms with E-state index in [9.17, 15) is 9.59 Å². The topological polar surface area (TPSA) is 71.1 Å². The van der Waals surface area contributed by atoms with Crippen molar-refractivity contribution >= 4 is 33.1 Å². The van der Waals surface area contributed by atoms with Crippen LogP contribution in [0.2, 0.25) is 7.87 Å². The van der Waals surface area contributed by atoms with Gasteiger partial charge in [0.25, 0.3) is 0 Å². The van der Waals surface area contributed by atoms with Crippen LogP contribution in [0, 0.1) is 0 Å². The van der Waals surface area contributed by atoms with Gasteiger partial charge in [-0.25, -0.2) is 0 Å². The van der Waals surface area contributed by atoms with Crippen LogP contribution in [0.15, 0.2) is 0 Å². The fourth-order valence-corrected chi connectivity index (χ4v) is 4.85. The molecule has 0 N–H and O–H groups in total. The van der Waals surface area contributed by atoms with Crippen molar-refractivity contribution < 1.29 is 28.5 Å². The Balaban J connectivity index is 3.87. The minimum atomic E-state index is -1.25. The van der Waals surface area contributed by atoms with Crippen molar-refractivity contribution in [1.29, 1.82) is 0 Å². The molecule has 6 nitrogen and oxygen atoms in total. The van der Waals surface area contributed by atoms with Gasteiger partial charge in [-0.1, -0.05) is 0 Å². The van der Waals surface area contributed by atoms with E-state index < -0.39 is 21.1 Å². The van der Waals surface area contributed by atoms with E-state index in [1.54, 1.807) is 0 Å². The van der Waals surface area contributed by atoms with Crippen LogP contribution in [0.5, 0.6) is 0 Å². The van der Waals surface area contributed by atoms with Gasteiger partial charge in [-0.2, -0.15) is 0 Å². The summed E-state index contributed by atoms with van der Waals surface area (Å²) in [6, 6.07) is 0. The van der Waals surface area contributed by atoms with Gasteiger partial charge >= 0.3 is 137 Å². The summed E-state index contributed by atoms with van der Waals surface area (Å²) >= 11 is -1.25. The number of carbonyl (C=O) groups is 2. The molecule has 0 aliphatic heterocycles. The van der Waals surface area contributed by atoms with Crippen molar-refractivity contribution in [2.45, 2.75) is 35.6 Å². The van der Waals surface area contributed by atoms with Crippen LogP contribution >= 0.6 is 0 Å². The first-order valence-corrected chi connectivity index (χ1v) is 10.6. The molecule has 2 atom stereocenters. The zero-order valence-corrected chi connectivity index (χ0v) is 16.2. The molecule has 0 aliphatic rings. The second-order valence-electron chi connectivity index (χ2n) is 4.34. The molecule has 0 aromatic heterocycles. The number of hydrogen-bond acceptors (Lipinski definition) is 6. The van der Waals surface area contributed by atoms with E-state index in [-0.39, 0.29) is 33.0 Å². The summed E-state index contributed by atoms with van der Waals surface area (Å²) in [5.74, 6) is -0.481. The van der Waals surface area contributed by atoms with Crippen LogP contribution in [0.4, 0.5) is 0 Å². The van der Waals surface area contributed by atoms with Gasteiger partial charge in [-0.3, -0.25) is 0 Å². The van der Waals surface area contributed by atoms with Crippen LogP contribution in [0.3, 0.4) is 0 Å². The molecule has 0 rings (SSSR count). The summed E-state index contributed by atoms with van der Waals surface area (Å²) in [7, 11) is 0. The molecule has 21 heavy (non-hydrogen) atoms. The van der Waals surface area contributed by atoms with Crippen LogP contribution in [0.25, 0.3) is 0 Å².